The summed E-state index contributed by atoms with van der Waals surface area (Å²) in [6.45, 7) is 5.64. The predicted octanol–water partition coefficient (Wildman–Crippen LogP) is 1.74. The van der Waals surface area contributed by atoms with Gasteiger partial charge in [0.05, 0.1) is 0 Å². The van der Waals surface area contributed by atoms with Gasteiger partial charge in [-0.05, 0) is 25.5 Å². The number of benzene rings is 1. The van der Waals surface area contributed by atoms with Gasteiger partial charge in [0.25, 0.3) is 0 Å². The van der Waals surface area contributed by atoms with Gasteiger partial charge in [-0.25, -0.2) is 0 Å². The molecule has 3 heteroatoms. The summed E-state index contributed by atoms with van der Waals surface area (Å²) < 4.78 is 11.0. The topological polar surface area (TPSA) is 44.5 Å². The van der Waals surface area contributed by atoms with E-state index in [9.17, 15) is 0 Å². The minimum Gasteiger partial charge on any atom is -0.491 e. The maximum atomic E-state index is 5.64. The third-order valence-electron chi connectivity index (χ3n) is 2.18. The number of para-hydroxylation sites is 1. The lowest BCUT2D eigenvalue weighted by Crippen LogP contribution is -2.30. The fraction of sp³-hybridized carbons (Fsp3) is 0.500. The van der Waals surface area contributed by atoms with Gasteiger partial charge in [0.1, 0.15) is 18.5 Å². The standard InChI is InChI=1S/C12H19NO2/c1-3-14-11(8-13)9-15-12-7-5-4-6-10(12)2/h4-7,11H,3,8-9,13H2,1-2H3. The molecule has 1 aromatic carbocycles. The van der Waals surface area contributed by atoms with Crippen LogP contribution in [0, 0.1) is 6.92 Å². The van der Waals surface area contributed by atoms with Gasteiger partial charge in [0.15, 0.2) is 0 Å². The lowest BCUT2D eigenvalue weighted by molar-refractivity contribution is 0.0335. The van der Waals surface area contributed by atoms with E-state index in [1.54, 1.807) is 0 Å². The van der Waals surface area contributed by atoms with Crippen molar-refractivity contribution in [3.8, 4) is 5.75 Å². The zero-order valence-corrected chi connectivity index (χ0v) is 9.40. The van der Waals surface area contributed by atoms with Crippen LogP contribution in [0.3, 0.4) is 0 Å². The molecule has 3 nitrogen and oxygen atoms in total. The summed E-state index contributed by atoms with van der Waals surface area (Å²) >= 11 is 0. The molecule has 1 unspecified atom stereocenters. The van der Waals surface area contributed by atoms with E-state index in [1.807, 2.05) is 38.1 Å². The molecule has 0 fully saturated rings. The Balaban J connectivity index is 2.45. The van der Waals surface area contributed by atoms with E-state index < -0.39 is 0 Å². The Morgan fingerprint density at radius 1 is 1.33 bits per heavy atom. The Morgan fingerprint density at radius 3 is 2.67 bits per heavy atom. The molecule has 0 aromatic heterocycles. The van der Waals surface area contributed by atoms with Crippen LogP contribution in [0.25, 0.3) is 0 Å². The van der Waals surface area contributed by atoms with Crippen molar-refractivity contribution in [2.45, 2.75) is 20.0 Å². The van der Waals surface area contributed by atoms with Crippen LogP contribution in [0.5, 0.6) is 5.75 Å². The first kappa shape index (κ1) is 12.0. The average molecular weight is 209 g/mol. The van der Waals surface area contributed by atoms with Crippen molar-refractivity contribution in [1.29, 1.82) is 0 Å². The van der Waals surface area contributed by atoms with Crippen molar-refractivity contribution in [3.05, 3.63) is 29.8 Å². The molecule has 0 saturated carbocycles. The van der Waals surface area contributed by atoms with Crippen molar-refractivity contribution in [2.24, 2.45) is 5.73 Å². The van der Waals surface area contributed by atoms with Crippen LogP contribution in [0.2, 0.25) is 0 Å². The molecule has 1 aromatic rings. The maximum Gasteiger partial charge on any atom is 0.122 e. The Morgan fingerprint density at radius 2 is 2.07 bits per heavy atom. The SMILES string of the molecule is CCOC(CN)COc1ccccc1C. The van der Waals surface area contributed by atoms with Crippen LogP contribution in [0.15, 0.2) is 24.3 Å². The van der Waals surface area contributed by atoms with Gasteiger partial charge in [-0.15, -0.1) is 0 Å². The molecular weight excluding hydrogens is 190 g/mol. The van der Waals surface area contributed by atoms with E-state index in [0.29, 0.717) is 19.8 Å². The lowest BCUT2D eigenvalue weighted by atomic mass is 10.2. The van der Waals surface area contributed by atoms with E-state index >= 15 is 0 Å². The quantitative estimate of drug-likeness (QED) is 0.776. The van der Waals surface area contributed by atoms with Crippen LogP contribution in [0.4, 0.5) is 0 Å². The van der Waals surface area contributed by atoms with E-state index in [-0.39, 0.29) is 6.10 Å². The predicted molar refractivity (Wildman–Crippen MR) is 61.1 cm³/mol. The minimum absolute atomic E-state index is 0.0189. The Hall–Kier alpha value is -1.06. The zero-order valence-electron chi connectivity index (χ0n) is 9.40. The normalized spacial score (nSPS) is 12.5. The number of rotatable bonds is 6. The highest BCUT2D eigenvalue weighted by atomic mass is 16.5. The highest BCUT2D eigenvalue weighted by Gasteiger charge is 2.07. The largest absolute Gasteiger partial charge is 0.491 e. The van der Waals surface area contributed by atoms with E-state index in [0.717, 1.165) is 11.3 Å². The number of nitrogens with two attached hydrogens (primary N) is 1. The molecule has 0 amide bonds. The molecular formula is C12H19NO2. The van der Waals surface area contributed by atoms with Gasteiger partial charge in [0.2, 0.25) is 0 Å². The van der Waals surface area contributed by atoms with Gasteiger partial charge < -0.3 is 15.2 Å². The Labute approximate surface area is 91.2 Å². The summed E-state index contributed by atoms with van der Waals surface area (Å²) in [6.07, 6.45) is -0.0189. The third-order valence-corrected chi connectivity index (χ3v) is 2.18. The molecule has 0 heterocycles. The van der Waals surface area contributed by atoms with Crippen LogP contribution in [0.1, 0.15) is 12.5 Å². The highest BCUT2D eigenvalue weighted by Crippen LogP contribution is 2.16. The molecule has 0 aliphatic carbocycles. The summed E-state index contributed by atoms with van der Waals surface area (Å²) in [4.78, 5) is 0. The summed E-state index contributed by atoms with van der Waals surface area (Å²) in [6, 6.07) is 7.92. The molecule has 0 aliphatic heterocycles. The molecule has 84 valence electrons. The van der Waals surface area contributed by atoms with Gasteiger partial charge in [-0.2, -0.15) is 0 Å². The van der Waals surface area contributed by atoms with Crippen LogP contribution in [-0.4, -0.2) is 25.9 Å². The first-order valence-electron chi connectivity index (χ1n) is 5.28. The smallest absolute Gasteiger partial charge is 0.122 e. The summed E-state index contributed by atoms with van der Waals surface area (Å²) in [7, 11) is 0. The summed E-state index contributed by atoms with van der Waals surface area (Å²) in [5.74, 6) is 0.899. The van der Waals surface area contributed by atoms with Crippen molar-refractivity contribution < 1.29 is 9.47 Å². The Kier molecular flexibility index (Phi) is 5.15. The van der Waals surface area contributed by atoms with Gasteiger partial charge in [-0.3, -0.25) is 0 Å². The molecule has 0 saturated heterocycles. The fourth-order valence-corrected chi connectivity index (χ4v) is 1.32. The van der Waals surface area contributed by atoms with Crippen LogP contribution < -0.4 is 10.5 Å². The average Bonchev–Trinajstić information content (AvgIpc) is 2.26. The van der Waals surface area contributed by atoms with Crippen molar-refractivity contribution >= 4 is 0 Å². The second-order valence-electron chi connectivity index (χ2n) is 3.39. The minimum atomic E-state index is -0.0189. The molecule has 0 spiro atoms. The second kappa shape index (κ2) is 6.43. The molecule has 1 atom stereocenters. The van der Waals surface area contributed by atoms with E-state index in [4.69, 9.17) is 15.2 Å². The van der Waals surface area contributed by atoms with Crippen LogP contribution in [-0.2, 0) is 4.74 Å². The molecule has 0 radical (unpaired) electrons. The van der Waals surface area contributed by atoms with Crippen molar-refractivity contribution in [1.82, 2.24) is 0 Å². The molecule has 2 N–H and O–H groups in total. The molecule has 1 rings (SSSR count). The van der Waals surface area contributed by atoms with Gasteiger partial charge >= 0.3 is 0 Å². The van der Waals surface area contributed by atoms with E-state index in [2.05, 4.69) is 0 Å². The summed E-state index contributed by atoms with van der Waals surface area (Å²) in [5, 5.41) is 0. The first-order valence-corrected chi connectivity index (χ1v) is 5.28. The zero-order chi connectivity index (χ0) is 11.1. The molecule has 15 heavy (non-hydrogen) atoms. The second-order valence-corrected chi connectivity index (χ2v) is 3.39. The van der Waals surface area contributed by atoms with Gasteiger partial charge in [0, 0.05) is 13.2 Å². The van der Waals surface area contributed by atoms with Crippen molar-refractivity contribution in [3.63, 3.8) is 0 Å². The molecule has 0 aliphatic rings. The maximum absolute atomic E-state index is 5.64. The highest BCUT2D eigenvalue weighted by molar-refractivity contribution is 5.31. The monoisotopic (exact) mass is 209 g/mol. The van der Waals surface area contributed by atoms with Crippen LogP contribution >= 0.6 is 0 Å². The number of ether oxygens (including phenoxy) is 2. The lowest BCUT2D eigenvalue weighted by Gasteiger charge is -2.16. The van der Waals surface area contributed by atoms with E-state index in [1.165, 1.54) is 0 Å². The number of aryl methyl sites for hydroxylation is 1. The first-order chi connectivity index (χ1) is 7.27. The third kappa shape index (κ3) is 3.90. The Bertz CT molecular complexity index is 289. The fourth-order valence-electron chi connectivity index (χ4n) is 1.32. The number of hydrogen-bond acceptors (Lipinski definition) is 3. The van der Waals surface area contributed by atoms with Crippen molar-refractivity contribution in [2.75, 3.05) is 19.8 Å². The number of hydrogen-bond donors (Lipinski definition) is 1. The molecule has 0 bridgehead atoms. The summed E-state index contributed by atoms with van der Waals surface area (Å²) in [5.41, 5.74) is 6.69. The van der Waals surface area contributed by atoms with Gasteiger partial charge in [-0.1, -0.05) is 18.2 Å².